The van der Waals surface area contributed by atoms with Crippen LogP contribution in [0.15, 0.2) is 24.3 Å². The Bertz CT molecular complexity index is 462. The minimum Gasteiger partial charge on any atom is -0.494 e. The van der Waals surface area contributed by atoms with Crippen molar-refractivity contribution in [3.8, 4) is 5.75 Å². The van der Waals surface area contributed by atoms with Crippen LogP contribution in [-0.4, -0.2) is 30.5 Å². The van der Waals surface area contributed by atoms with E-state index < -0.39 is 0 Å². The fraction of sp³-hybridized carbons (Fsp3) is 0.562. The third kappa shape index (κ3) is 3.51. The summed E-state index contributed by atoms with van der Waals surface area (Å²) in [5.74, 6) is 1.15. The lowest BCUT2D eigenvalue weighted by atomic mass is 10.1. The summed E-state index contributed by atoms with van der Waals surface area (Å²) in [5, 5.41) is 0. The van der Waals surface area contributed by atoms with Gasteiger partial charge >= 0.3 is 0 Å². The molecule has 1 amide bonds. The monoisotopic (exact) mass is 276 g/mol. The first-order valence-corrected chi connectivity index (χ1v) is 7.33. The number of nitrogens with two attached hydrogens (primary N) is 1. The van der Waals surface area contributed by atoms with E-state index >= 15 is 0 Å². The molecule has 2 unspecified atom stereocenters. The van der Waals surface area contributed by atoms with Gasteiger partial charge in [-0.05, 0) is 32.3 Å². The predicted molar refractivity (Wildman–Crippen MR) is 79.4 cm³/mol. The summed E-state index contributed by atoms with van der Waals surface area (Å²) in [5.41, 5.74) is 6.94. The first kappa shape index (κ1) is 14.9. The fourth-order valence-corrected chi connectivity index (χ4v) is 2.82. The normalized spacial score (nSPS) is 21.8. The van der Waals surface area contributed by atoms with Crippen LogP contribution in [-0.2, 0) is 11.3 Å². The molecule has 1 fully saturated rings. The van der Waals surface area contributed by atoms with Crippen molar-refractivity contribution in [2.45, 2.75) is 38.8 Å². The summed E-state index contributed by atoms with van der Waals surface area (Å²) in [7, 11) is 1.86. The number of para-hydroxylation sites is 1. The van der Waals surface area contributed by atoms with Crippen molar-refractivity contribution in [1.29, 1.82) is 0 Å². The van der Waals surface area contributed by atoms with Crippen LogP contribution in [0, 0.1) is 5.92 Å². The van der Waals surface area contributed by atoms with E-state index in [1.54, 1.807) is 4.90 Å². The summed E-state index contributed by atoms with van der Waals surface area (Å²) >= 11 is 0. The Morgan fingerprint density at radius 1 is 1.40 bits per heavy atom. The molecule has 1 aromatic rings. The van der Waals surface area contributed by atoms with Gasteiger partial charge in [-0.25, -0.2) is 0 Å². The molecule has 0 radical (unpaired) electrons. The highest BCUT2D eigenvalue weighted by Crippen LogP contribution is 2.27. The quantitative estimate of drug-likeness (QED) is 0.896. The van der Waals surface area contributed by atoms with Gasteiger partial charge in [0.05, 0.1) is 6.61 Å². The number of carbonyl (C=O) groups is 1. The Balaban J connectivity index is 2.00. The summed E-state index contributed by atoms with van der Waals surface area (Å²) < 4.78 is 5.60. The lowest BCUT2D eigenvalue weighted by Crippen LogP contribution is -2.32. The minimum absolute atomic E-state index is 0.0919. The molecule has 0 spiro atoms. The maximum atomic E-state index is 12.4. The molecule has 0 aliphatic heterocycles. The van der Waals surface area contributed by atoms with E-state index in [9.17, 15) is 4.79 Å². The number of benzene rings is 1. The van der Waals surface area contributed by atoms with E-state index in [4.69, 9.17) is 10.5 Å². The molecule has 20 heavy (non-hydrogen) atoms. The zero-order chi connectivity index (χ0) is 14.5. The zero-order valence-electron chi connectivity index (χ0n) is 12.3. The van der Waals surface area contributed by atoms with Crippen LogP contribution in [0.25, 0.3) is 0 Å². The van der Waals surface area contributed by atoms with E-state index in [0.717, 1.165) is 30.6 Å². The average molecular weight is 276 g/mol. The Hall–Kier alpha value is -1.55. The third-order valence-corrected chi connectivity index (χ3v) is 3.88. The highest BCUT2D eigenvalue weighted by atomic mass is 16.5. The van der Waals surface area contributed by atoms with E-state index in [1.165, 1.54) is 0 Å². The SMILES string of the molecule is CCOc1ccccc1CN(C)C(=O)C1CCC(N)C1. The topological polar surface area (TPSA) is 55.6 Å². The molecule has 1 aliphatic carbocycles. The largest absolute Gasteiger partial charge is 0.494 e. The van der Waals surface area contributed by atoms with Gasteiger partial charge < -0.3 is 15.4 Å². The van der Waals surface area contributed by atoms with Crippen LogP contribution < -0.4 is 10.5 Å². The smallest absolute Gasteiger partial charge is 0.225 e. The lowest BCUT2D eigenvalue weighted by Gasteiger charge is -2.22. The molecule has 1 saturated carbocycles. The maximum absolute atomic E-state index is 12.4. The Morgan fingerprint density at radius 3 is 2.80 bits per heavy atom. The summed E-state index contributed by atoms with van der Waals surface area (Å²) in [6.45, 7) is 3.18. The summed E-state index contributed by atoms with van der Waals surface area (Å²) in [6, 6.07) is 8.07. The molecule has 4 nitrogen and oxygen atoms in total. The van der Waals surface area contributed by atoms with E-state index in [-0.39, 0.29) is 17.9 Å². The number of rotatable bonds is 5. The van der Waals surface area contributed by atoms with Crippen molar-refractivity contribution in [2.24, 2.45) is 11.7 Å². The summed E-state index contributed by atoms with van der Waals surface area (Å²) in [4.78, 5) is 14.2. The zero-order valence-corrected chi connectivity index (χ0v) is 12.3. The Kier molecular flexibility index (Phi) is 5.01. The molecular weight excluding hydrogens is 252 g/mol. The van der Waals surface area contributed by atoms with E-state index in [1.807, 2.05) is 38.2 Å². The number of nitrogens with zero attached hydrogens (tertiary/aromatic N) is 1. The first-order chi connectivity index (χ1) is 9.61. The van der Waals surface area contributed by atoms with Crippen LogP contribution in [0.2, 0.25) is 0 Å². The van der Waals surface area contributed by atoms with Crippen molar-refractivity contribution in [1.82, 2.24) is 4.90 Å². The van der Waals surface area contributed by atoms with Crippen LogP contribution in [0.4, 0.5) is 0 Å². The van der Waals surface area contributed by atoms with Crippen LogP contribution in [0.1, 0.15) is 31.7 Å². The average Bonchev–Trinajstić information content (AvgIpc) is 2.87. The second-order valence-corrected chi connectivity index (χ2v) is 5.51. The van der Waals surface area contributed by atoms with Crippen molar-refractivity contribution in [3.63, 3.8) is 0 Å². The maximum Gasteiger partial charge on any atom is 0.225 e. The predicted octanol–water partition coefficient (Wildman–Crippen LogP) is 2.17. The van der Waals surface area contributed by atoms with Crippen molar-refractivity contribution >= 4 is 5.91 Å². The van der Waals surface area contributed by atoms with Gasteiger partial charge in [-0.15, -0.1) is 0 Å². The first-order valence-electron chi connectivity index (χ1n) is 7.33. The molecule has 0 bridgehead atoms. The molecule has 2 N–H and O–H groups in total. The number of amides is 1. The molecule has 110 valence electrons. The molecule has 2 atom stereocenters. The number of hydrogen-bond acceptors (Lipinski definition) is 3. The molecule has 0 heterocycles. The lowest BCUT2D eigenvalue weighted by molar-refractivity contribution is -0.134. The van der Waals surface area contributed by atoms with Gasteiger partial charge in [0.25, 0.3) is 0 Å². The fourth-order valence-electron chi connectivity index (χ4n) is 2.82. The second kappa shape index (κ2) is 6.75. The second-order valence-electron chi connectivity index (χ2n) is 5.51. The molecule has 2 rings (SSSR count). The third-order valence-electron chi connectivity index (χ3n) is 3.88. The van der Waals surface area contributed by atoms with Crippen molar-refractivity contribution in [3.05, 3.63) is 29.8 Å². The van der Waals surface area contributed by atoms with Gasteiger partial charge in [0.1, 0.15) is 5.75 Å². The van der Waals surface area contributed by atoms with Gasteiger partial charge in [-0.3, -0.25) is 4.79 Å². The van der Waals surface area contributed by atoms with Gasteiger partial charge in [-0.2, -0.15) is 0 Å². The van der Waals surface area contributed by atoms with Crippen LogP contribution in [0.5, 0.6) is 5.75 Å². The van der Waals surface area contributed by atoms with E-state index in [2.05, 4.69) is 0 Å². The van der Waals surface area contributed by atoms with Crippen LogP contribution >= 0.6 is 0 Å². The number of carbonyl (C=O) groups excluding carboxylic acids is 1. The van der Waals surface area contributed by atoms with Crippen LogP contribution in [0.3, 0.4) is 0 Å². The Morgan fingerprint density at radius 2 is 2.15 bits per heavy atom. The van der Waals surface area contributed by atoms with Gasteiger partial charge in [-0.1, -0.05) is 18.2 Å². The molecule has 4 heteroatoms. The van der Waals surface area contributed by atoms with Gasteiger partial charge in [0, 0.05) is 31.1 Å². The minimum atomic E-state index is 0.0919. The van der Waals surface area contributed by atoms with Gasteiger partial charge in [0.15, 0.2) is 0 Å². The Labute approximate surface area is 120 Å². The highest BCUT2D eigenvalue weighted by molar-refractivity contribution is 5.79. The van der Waals surface area contributed by atoms with Crippen molar-refractivity contribution < 1.29 is 9.53 Å². The number of hydrogen-bond donors (Lipinski definition) is 1. The molecule has 0 aromatic heterocycles. The van der Waals surface area contributed by atoms with Gasteiger partial charge in [0.2, 0.25) is 5.91 Å². The molecule has 1 aromatic carbocycles. The van der Waals surface area contributed by atoms with E-state index in [0.29, 0.717) is 13.2 Å². The summed E-state index contributed by atoms with van der Waals surface area (Å²) in [6.07, 6.45) is 2.69. The van der Waals surface area contributed by atoms with Crippen molar-refractivity contribution in [2.75, 3.05) is 13.7 Å². The standard InChI is InChI=1S/C16H24N2O2/c1-3-20-15-7-5-4-6-13(15)11-18(2)16(19)12-8-9-14(17)10-12/h4-7,12,14H,3,8-11,17H2,1-2H3. The number of ether oxygens (including phenoxy) is 1. The molecule has 0 saturated heterocycles. The molecular formula is C16H24N2O2. The highest BCUT2D eigenvalue weighted by Gasteiger charge is 2.29. The molecule has 1 aliphatic rings.